The van der Waals surface area contributed by atoms with Gasteiger partial charge in [-0.15, -0.1) is 0 Å². The Morgan fingerprint density at radius 1 is 1.15 bits per heavy atom. The molecule has 5 rings (SSSR count). The van der Waals surface area contributed by atoms with E-state index >= 15 is 0 Å². The monoisotopic (exact) mass is 479 g/mol. The van der Waals surface area contributed by atoms with Crippen molar-refractivity contribution >= 4 is 44.1 Å². The summed E-state index contributed by atoms with van der Waals surface area (Å²) >= 11 is 0. The van der Waals surface area contributed by atoms with Gasteiger partial charge in [0.25, 0.3) is 0 Å². The highest BCUT2D eigenvalue weighted by Crippen LogP contribution is 2.34. The molecule has 1 saturated carbocycles. The van der Waals surface area contributed by atoms with Crippen LogP contribution in [0, 0.1) is 19.8 Å². The second-order valence-corrected chi connectivity index (χ2v) is 10.7. The number of pyridine rings is 1. The Kier molecular flexibility index (Phi) is 5.16. The fourth-order valence-electron chi connectivity index (χ4n) is 3.82. The van der Waals surface area contributed by atoms with Crippen molar-refractivity contribution in [3.63, 3.8) is 0 Å². The fourth-order valence-corrected chi connectivity index (χ4v) is 4.68. The van der Waals surface area contributed by atoms with Gasteiger partial charge in [-0.25, -0.2) is 23.4 Å². The maximum atomic E-state index is 12.7. The van der Waals surface area contributed by atoms with Crippen molar-refractivity contribution < 1.29 is 13.2 Å². The molecule has 3 N–H and O–H groups in total. The second-order valence-electron chi connectivity index (χ2n) is 8.73. The number of anilines is 3. The van der Waals surface area contributed by atoms with Crippen molar-refractivity contribution in [3.8, 4) is 11.4 Å². The van der Waals surface area contributed by atoms with Crippen LogP contribution in [0.2, 0.25) is 0 Å². The largest absolute Gasteiger partial charge is 0.353 e. The van der Waals surface area contributed by atoms with E-state index in [4.69, 9.17) is 0 Å². The van der Waals surface area contributed by atoms with E-state index in [9.17, 15) is 13.2 Å². The van der Waals surface area contributed by atoms with Gasteiger partial charge in [0, 0.05) is 42.7 Å². The number of fused-ring (bicyclic) bond motifs is 1. The lowest BCUT2D eigenvalue weighted by atomic mass is 10.2. The lowest BCUT2D eigenvalue weighted by Crippen LogP contribution is -2.14. The second kappa shape index (κ2) is 7.94. The maximum Gasteiger partial charge on any atom is 0.228 e. The van der Waals surface area contributed by atoms with E-state index in [0.717, 1.165) is 18.5 Å². The molecule has 1 aromatic carbocycles. The molecule has 10 nitrogen and oxygen atoms in total. The number of aryl methyl sites for hydroxylation is 2. The zero-order valence-electron chi connectivity index (χ0n) is 19.3. The Bertz CT molecular complexity index is 1550. The Balaban J connectivity index is 1.58. The first-order chi connectivity index (χ1) is 16.1. The molecule has 11 heteroatoms. The summed E-state index contributed by atoms with van der Waals surface area (Å²) in [6.07, 6.45) is 4.67. The Hall–Kier alpha value is -3.73. The molecule has 0 atom stereocenters. The first-order valence-corrected chi connectivity index (χ1v) is 12.8. The maximum absolute atomic E-state index is 12.7. The molecule has 0 aliphatic heterocycles. The standard InChI is InChI=1S/C23H25N7O3S/c1-12-11-24-22(30(12)3)15-7-8-16(18(9-15)34(4,32)33)27-17-10-19(29-23(31)14-5-6-14)28-21-20(17)25-13(2)26-21/h7-11,14H,5-6H2,1-4H3,(H3,25,26,27,28,29,31). The zero-order valence-corrected chi connectivity index (χ0v) is 20.1. The molecule has 1 fully saturated rings. The van der Waals surface area contributed by atoms with Gasteiger partial charge in [0.05, 0.1) is 16.3 Å². The SMILES string of the molecule is Cc1nc2nc(NC(=O)C3CC3)cc(Nc3ccc(-c4ncc(C)n4C)cc3S(C)(=O)=O)c2[nH]1. The van der Waals surface area contributed by atoms with Crippen LogP contribution in [0.15, 0.2) is 35.4 Å². The summed E-state index contributed by atoms with van der Waals surface area (Å²) in [5, 5.41) is 6.07. The number of imidazole rings is 2. The normalized spacial score (nSPS) is 13.9. The molecular formula is C23H25N7O3S. The van der Waals surface area contributed by atoms with Crippen LogP contribution < -0.4 is 10.6 Å². The van der Waals surface area contributed by atoms with Gasteiger partial charge in [0.15, 0.2) is 15.5 Å². The third-order valence-corrected chi connectivity index (χ3v) is 7.05. The molecule has 1 aliphatic carbocycles. The first kappa shape index (κ1) is 22.1. The highest BCUT2D eigenvalue weighted by Gasteiger charge is 2.30. The summed E-state index contributed by atoms with van der Waals surface area (Å²) in [5.74, 6) is 1.64. The van der Waals surface area contributed by atoms with Crippen LogP contribution >= 0.6 is 0 Å². The Labute approximate surface area is 196 Å². The minimum absolute atomic E-state index is 0.0222. The number of carbonyl (C=O) groups is 1. The van der Waals surface area contributed by atoms with Crippen LogP contribution in [0.1, 0.15) is 24.4 Å². The predicted molar refractivity (Wildman–Crippen MR) is 130 cm³/mol. The minimum atomic E-state index is -3.58. The number of aromatic amines is 1. The van der Waals surface area contributed by atoms with Crippen LogP contribution in [0.25, 0.3) is 22.6 Å². The number of benzene rings is 1. The molecule has 1 aliphatic rings. The topological polar surface area (TPSA) is 135 Å². The van der Waals surface area contributed by atoms with Gasteiger partial charge in [0.2, 0.25) is 5.91 Å². The number of H-pyrrole nitrogens is 1. The van der Waals surface area contributed by atoms with Crippen LogP contribution in [-0.2, 0) is 21.7 Å². The average Bonchev–Trinajstić information content (AvgIpc) is 3.48. The van der Waals surface area contributed by atoms with Crippen molar-refractivity contribution in [2.75, 3.05) is 16.9 Å². The summed E-state index contributed by atoms with van der Waals surface area (Å²) < 4.78 is 27.4. The third kappa shape index (κ3) is 4.14. The number of amides is 1. The van der Waals surface area contributed by atoms with Crippen LogP contribution in [-0.4, -0.2) is 45.1 Å². The molecule has 0 bridgehead atoms. The quantitative estimate of drug-likeness (QED) is 0.385. The van der Waals surface area contributed by atoms with E-state index < -0.39 is 9.84 Å². The third-order valence-electron chi connectivity index (χ3n) is 5.91. The molecule has 0 radical (unpaired) electrons. The van der Waals surface area contributed by atoms with Gasteiger partial charge in [-0.2, -0.15) is 0 Å². The number of carbonyl (C=O) groups excluding carboxylic acids is 1. The average molecular weight is 480 g/mol. The van der Waals surface area contributed by atoms with E-state index in [-0.39, 0.29) is 16.7 Å². The molecule has 1 amide bonds. The van der Waals surface area contributed by atoms with Crippen molar-refractivity contribution in [1.29, 1.82) is 0 Å². The van der Waals surface area contributed by atoms with Crippen LogP contribution in [0.3, 0.4) is 0 Å². The van der Waals surface area contributed by atoms with E-state index in [0.29, 0.717) is 45.6 Å². The van der Waals surface area contributed by atoms with Gasteiger partial charge in [-0.05, 0) is 44.9 Å². The first-order valence-electron chi connectivity index (χ1n) is 10.9. The fraction of sp³-hybridized carbons (Fsp3) is 0.304. The molecule has 34 heavy (non-hydrogen) atoms. The Morgan fingerprint density at radius 3 is 2.56 bits per heavy atom. The number of hydrogen-bond acceptors (Lipinski definition) is 7. The lowest BCUT2D eigenvalue weighted by molar-refractivity contribution is -0.117. The van der Waals surface area contributed by atoms with Crippen LogP contribution in [0.4, 0.5) is 17.2 Å². The van der Waals surface area contributed by atoms with Gasteiger partial charge >= 0.3 is 0 Å². The van der Waals surface area contributed by atoms with Gasteiger partial charge in [-0.3, -0.25) is 4.79 Å². The van der Waals surface area contributed by atoms with E-state index in [1.807, 2.05) is 24.6 Å². The molecular weight excluding hydrogens is 454 g/mol. The molecule has 176 valence electrons. The summed E-state index contributed by atoms with van der Waals surface area (Å²) in [6.45, 7) is 3.74. The number of nitrogens with zero attached hydrogens (tertiary/aromatic N) is 4. The number of nitrogens with one attached hydrogen (secondary N) is 3. The van der Waals surface area contributed by atoms with Gasteiger partial charge in [-0.1, -0.05) is 0 Å². The molecule has 0 spiro atoms. The number of rotatable bonds is 6. The summed E-state index contributed by atoms with van der Waals surface area (Å²) in [7, 11) is -1.70. The summed E-state index contributed by atoms with van der Waals surface area (Å²) in [4.78, 5) is 28.8. The molecule has 3 aromatic heterocycles. The predicted octanol–water partition coefficient (Wildman–Crippen LogP) is 3.47. The number of sulfone groups is 1. The molecule has 0 saturated heterocycles. The minimum Gasteiger partial charge on any atom is -0.353 e. The lowest BCUT2D eigenvalue weighted by Gasteiger charge is -2.14. The van der Waals surface area contributed by atoms with E-state index in [1.165, 1.54) is 6.26 Å². The zero-order chi connectivity index (χ0) is 24.2. The molecule has 3 heterocycles. The molecule has 4 aromatic rings. The van der Waals surface area contributed by atoms with Crippen molar-refractivity contribution in [1.82, 2.24) is 24.5 Å². The summed E-state index contributed by atoms with van der Waals surface area (Å²) in [5.41, 5.74) is 3.65. The van der Waals surface area contributed by atoms with Crippen molar-refractivity contribution in [3.05, 3.63) is 42.0 Å². The highest BCUT2D eigenvalue weighted by molar-refractivity contribution is 7.90. The number of aromatic nitrogens is 5. The van der Waals surface area contributed by atoms with Crippen LogP contribution in [0.5, 0.6) is 0 Å². The van der Waals surface area contributed by atoms with Crippen molar-refractivity contribution in [2.24, 2.45) is 13.0 Å². The van der Waals surface area contributed by atoms with E-state index in [1.54, 1.807) is 31.3 Å². The van der Waals surface area contributed by atoms with E-state index in [2.05, 4.69) is 30.6 Å². The van der Waals surface area contributed by atoms with Crippen molar-refractivity contribution in [2.45, 2.75) is 31.6 Å². The Morgan fingerprint density at radius 2 is 1.91 bits per heavy atom. The number of hydrogen-bond donors (Lipinski definition) is 3. The highest BCUT2D eigenvalue weighted by atomic mass is 32.2. The summed E-state index contributed by atoms with van der Waals surface area (Å²) in [6, 6.07) is 6.84. The van der Waals surface area contributed by atoms with Gasteiger partial charge < -0.3 is 20.2 Å². The molecule has 0 unspecified atom stereocenters. The van der Waals surface area contributed by atoms with Gasteiger partial charge in [0.1, 0.15) is 23.0 Å². The smallest absolute Gasteiger partial charge is 0.228 e.